The van der Waals surface area contributed by atoms with Crippen molar-refractivity contribution in [3.05, 3.63) is 35.4 Å². The fourth-order valence-corrected chi connectivity index (χ4v) is 2.02. The Labute approximate surface area is 100 Å². The zero-order valence-corrected chi connectivity index (χ0v) is 11.2. The third-order valence-corrected chi connectivity index (χ3v) is 3.26. The molecule has 1 unspecified atom stereocenters. The maximum Gasteiger partial charge on any atom is -0.000577 e. The molecule has 0 fully saturated rings. The lowest BCUT2D eigenvalue weighted by atomic mass is 9.83. The lowest BCUT2D eigenvalue weighted by molar-refractivity contribution is 0.505. The molecule has 1 aromatic carbocycles. The van der Waals surface area contributed by atoms with E-state index in [1.807, 2.05) is 0 Å². The van der Waals surface area contributed by atoms with Crippen LogP contribution in [0, 0.1) is 5.92 Å². The van der Waals surface area contributed by atoms with Gasteiger partial charge in [0.2, 0.25) is 0 Å². The Morgan fingerprint density at radius 1 is 1.06 bits per heavy atom. The number of hydrogen-bond acceptors (Lipinski definition) is 1. The third-order valence-electron chi connectivity index (χ3n) is 3.26. The van der Waals surface area contributed by atoms with E-state index in [9.17, 15) is 0 Å². The highest BCUT2D eigenvalue weighted by Crippen LogP contribution is 2.27. The minimum atomic E-state index is 0.231. The first-order valence-corrected chi connectivity index (χ1v) is 6.16. The molecule has 1 nitrogen and oxygen atoms in total. The van der Waals surface area contributed by atoms with Crippen LogP contribution >= 0.6 is 0 Å². The molecule has 0 radical (unpaired) electrons. The van der Waals surface area contributed by atoms with Crippen molar-refractivity contribution in [1.29, 1.82) is 0 Å². The molecule has 0 bridgehead atoms. The van der Waals surface area contributed by atoms with Crippen molar-refractivity contribution < 1.29 is 0 Å². The van der Waals surface area contributed by atoms with Crippen LogP contribution in [-0.4, -0.2) is 6.54 Å². The van der Waals surface area contributed by atoms with Gasteiger partial charge < -0.3 is 5.73 Å². The van der Waals surface area contributed by atoms with E-state index >= 15 is 0 Å². The first kappa shape index (κ1) is 13.2. The van der Waals surface area contributed by atoms with Gasteiger partial charge in [-0.3, -0.25) is 0 Å². The molecular formula is C15H25N. The highest BCUT2D eigenvalue weighted by Gasteiger charge is 2.16. The van der Waals surface area contributed by atoms with Gasteiger partial charge in [0.25, 0.3) is 0 Å². The van der Waals surface area contributed by atoms with Gasteiger partial charge in [-0.15, -0.1) is 0 Å². The Balaban J connectivity index is 2.94. The highest BCUT2D eigenvalue weighted by molar-refractivity contribution is 5.29. The first-order chi connectivity index (χ1) is 7.36. The summed E-state index contributed by atoms with van der Waals surface area (Å²) < 4.78 is 0. The molecule has 0 saturated carbocycles. The molecule has 1 heteroatoms. The van der Waals surface area contributed by atoms with Gasteiger partial charge in [-0.2, -0.15) is 0 Å². The summed E-state index contributed by atoms with van der Waals surface area (Å²) in [6, 6.07) is 8.94. The zero-order valence-electron chi connectivity index (χ0n) is 11.2. The summed E-state index contributed by atoms with van der Waals surface area (Å²) in [4.78, 5) is 0. The summed E-state index contributed by atoms with van der Waals surface area (Å²) in [5, 5.41) is 0. The predicted molar refractivity (Wildman–Crippen MR) is 71.8 cm³/mol. The van der Waals surface area contributed by atoms with Crippen LogP contribution in [0.4, 0.5) is 0 Å². The van der Waals surface area contributed by atoms with Crippen LogP contribution in [0.1, 0.15) is 51.7 Å². The van der Waals surface area contributed by atoms with Gasteiger partial charge in [0.05, 0.1) is 0 Å². The van der Waals surface area contributed by atoms with Crippen molar-refractivity contribution in [2.24, 2.45) is 11.7 Å². The monoisotopic (exact) mass is 219 g/mol. The number of rotatable bonds is 3. The fraction of sp³-hybridized carbons (Fsp3) is 0.600. The summed E-state index contributed by atoms with van der Waals surface area (Å²) in [6.45, 7) is 11.9. The quantitative estimate of drug-likeness (QED) is 0.824. The summed E-state index contributed by atoms with van der Waals surface area (Å²) in [5.41, 5.74) is 8.81. The van der Waals surface area contributed by atoms with Crippen LogP contribution in [0.3, 0.4) is 0 Å². The molecule has 2 N–H and O–H groups in total. The molecule has 1 rings (SSSR count). The Bertz CT molecular complexity index is 316. The number of hydrogen-bond donors (Lipinski definition) is 1. The van der Waals surface area contributed by atoms with Gasteiger partial charge in [0, 0.05) is 0 Å². The lowest BCUT2D eigenvalue weighted by Gasteiger charge is -2.22. The molecule has 16 heavy (non-hydrogen) atoms. The summed E-state index contributed by atoms with van der Waals surface area (Å²) in [6.07, 6.45) is 0. The van der Waals surface area contributed by atoms with Gasteiger partial charge in [-0.05, 0) is 34.9 Å². The maximum absolute atomic E-state index is 5.83. The van der Waals surface area contributed by atoms with E-state index in [2.05, 4.69) is 58.9 Å². The van der Waals surface area contributed by atoms with E-state index in [1.54, 1.807) is 0 Å². The van der Waals surface area contributed by atoms with Crippen molar-refractivity contribution >= 4 is 0 Å². The fourth-order valence-electron chi connectivity index (χ4n) is 2.02. The third kappa shape index (κ3) is 3.08. The van der Waals surface area contributed by atoms with Crippen LogP contribution in [0.15, 0.2) is 24.3 Å². The molecule has 0 aromatic heterocycles. The largest absolute Gasteiger partial charge is 0.330 e. The van der Waals surface area contributed by atoms with Gasteiger partial charge in [-0.25, -0.2) is 0 Å². The standard InChI is InChI=1S/C15H25N/c1-11(2)14(10-16)12-6-8-13(9-7-12)15(3,4)5/h6-9,11,14H,10,16H2,1-5H3. The van der Waals surface area contributed by atoms with Crippen molar-refractivity contribution in [2.45, 2.75) is 46.0 Å². The average molecular weight is 219 g/mol. The summed E-state index contributed by atoms with van der Waals surface area (Å²) in [5.74, 6) is 1.08. The normalized spacial score (nSPS) is 14.2. The second-order valence-corrected chi connectivity index (χ2v) is 5.96. The van der Waals surface area contributed by atoms with Crippen LogP contribution in [0.25, 0.3) is 0 Å². The molecule has 0 aliphatic rings. The predicted octanol–water partition coefficient (Wildman–Crippen LogP) is 3.68. The molecule has 1 aromatic rings. The molecule has 0 heterocycles. The Hall–Kier alpha value is -0.820. The lowest BCUT2D eigenvalue weighted by Crippen LogP contribution is -2.18. The highest BCUT2D eigenvalue weighted by atomic mass is 14.6. The van der Waals surface area contributed by atoms with E-state index in [1.165, 1.54) is 11.1 Å². The second-order valence-electron chi connectivity index (χ2n) is 5.96. The molecule has 0 aliphatic carbocycles. The summed E-state index contributed by atoms with van der Waals surface area (Å²) >= 11 is 0. The molecule has 0 saturated heterocycles. The van der Waals surface area contributed by atoms with Gasteiger partial charge in [0.1, 0.15) is 0 Å². The van der Waals surface area contributed by atoms with Gasteiger partial charge in [-0.1, -0.05) is 58.9 Å². The van der Waals surface area contributed by atoms with Crippen molar-refractivity contribution in [3.8, 4) is 0 Å². The van der Waals surface area contributed by atoms with Crippen molar-refractivity contribution in [3.63, 3.8) is 0 Å². The Morgan fingerprint density at radius 2 is 1.56 bits per heavy atom. The van der Waals surface area contributed by atoms with E-state index in [4.69, 9.17) is 5.73 Å². The van der Waals surface area contributed by atoms with Crippen LogP contribution in [0.2, 0.25) is 0 Å². The molecule has 0 amide bonds. The minimum absolute atomic E-state index is 0.231. The van der Waals surface area contributed by atoms with Crippen LogP contribution in [0.5, 0.6) is 0 Å². The van der Waals surface area contributed by atoms with Gasteiger partial charge >= 0.3 is 0 Å². The zero-order chi connectivity index (χ0) is 12.3. The Morgan fingerprint density at radius 3 is 1.88 bits per heavy atom. The number of benzene rings is 1. The minimum Gasteiger partial charge on any atom is -0.330 e. The van der Waals surface area contributed by atoms with Gasteiger partial charge in [0.15, 0.2) is 0 Å². The van der Waals surface area contributed by atoms with E-state index in [0.717, 1.165) is 6.54 Å². The summed E-state index contributed by atoms with van der Waals surface area (Å²) in [7, 11) is 0. The smallest absolute Gasteiger partial charge is 0.000577 e. The molecule has 0 aliphatic heterocycles. The molecular weight excluding hydrogens is 194 g/mol. The van der Waals surface area contributed by atoms with E-state index in [-0.39, 0.29) is 5.41 Å². The molecule has 1 atom stereocenters. The Kier molecular flexibility index (Phi) is 4.15. The molecule has 90 valence electrons. The van der Waals surface area contributed by atoms with E-state index in [0.29, 0.717) is 11.8 Å². The van der Waals surface area contributed by atoms with Crippen molar-refractivity contribution in [2.75, 3.05) is 6.54 Å². The van der Waals surface area contributed by atoms with Crippen molar-refractivity contribution in [1.82, 2.24) is 0 Å². The average Bonchev–Trinajstić information content (AvgIpc) is 2.17. The number of nitrogens with two attached hydrogens (primary N) is 1. The molecule has 0 spiro atoms. The maximum atomic E-state index is 5.83. The second kappa shape index (κ2) is 5.01. The van der Waals surface area contributed by atoms with E-state index < -0.39 is 0 Å². The van der Waals surface area contributed by atoms with Crippen LogP contribution < -0.4 is 5.73 Å². The topological polar surface area (TPSA) is 26.0 Å². The van der Waals surface area contributed by atoms with Crippen LogP contribution in [-0.2, 0) is 5.41 Å². The first-order valence-electron chi connectivity index (χ1n) is 6.16. The SMILES string of the molecule is CC(C)C(CN)c1ccc(C(C)(C)C)cc1.